The Balaban J connectivity index is 1.70. The van der Waals surface area contributed by atoms with E-state index in [4.69, 9.17) is 13.9 Å². The van der Waals surface area contributed by atoms with Crippen LogP contribution in [-0.4, -0.2) is 57.1 Å². The van der Waals surface area contributed by atoms with Crippen molar-refractivity contribution in [2.24, 2.45) is 0 Å². The summed E-state index contributed by atoms with van der Waals surface area (Å²) in [6.07, 6.45) is 1.80. The molecule has 0 saturated heterocycles. The van der Waals surface area contributed by atoms with E-state index in [-0.39, 0.29) is 17.2 Å². The lowest BCUT2D eigenvalue weighted by molar-refractivity contribution is 0.0756. The van der Waals surface area contributed by atoms with Gasteiger partial charge in [-0.25, -0.2) is 0 Å². The van der Waals surface area contributed by atoms with Crippen LogP contribution in [0.25, 0.3) is 0 Å². The molecule has 2 atom stereocenters. The summed E-state index contributed by atoms with van der Waals surface area (Å²) in [5.41, 5.74) is 1.27. The van der Waals surface area contributed by atoms with Gasteiger partial charge in [-0.3, -0.25) is 0 Å². The van der Waals surface area contributed by atoms with Gasteiger partial charge in [0, 0.05) is 16.7 Å². The molecule has 0 aliphatic carbocycles. The molecule has 0 unspecified atom stereocenters. The first-order valence-corrected chi connectivity index (χ1v) is 16.2. The molecule has 0 spiro atoms. The molecule has 3 rings (SSSR count). The average molecular weight is 595 g/mol. The minimum atomic E-state index is -2.03. The second kappa shape index (κ2) is 11.8. The third-order valence-electron chi connectivity index (χ3n) is 6.90. The standard InChI is InChI=1S/C26H39BINO4Si/c1-26(2,3)34(5,6)33-24(19-31-22-10-8-7-9-11-22)18-29(27(4)30)17-23-14-12-20-16-21(28)13-15-25(20)32-23/h7-11,13,15-16,23-24,30H,12,14,17-19H2,1-6H3/t23-,24+/m1/s1. The number of fused-ring (bicyclic) bond motifs is 1. The van der Waals surface area contributed by atoms with Crippen molar-refractivity contribution in [1.82, 2.24) is 4.81 Å². The highest BCUT2D eigenvalue weighted by Gasteiger charge is 2.40. The number of benzene rings is 2. The molecular weight excluding hydrogens is 556 g/mol. The van der Waals surface area contributed by atoms with Gasteiger partial charge in [-0.15, -0.1) is 0 Å². The Bertz CT molecular complexity index is 923. The van der Waals surface area contributed by atoms with E-state index >= 15 is 0 Å². The van der Waals surface area contributed by atoms with E-state index < -0.39 is 15.4 Å². The molecule has 0 fully saturated rings. The predicted octanol–water partition coefficient (Wildman–Crippen LogP) is 5.87. The molecule has 2 aromatic rings. The van der Waals surface area contributed by atoms with Crippen LogP contribution in [0.15, 0.2) is 48.5 Å². The fraction of sp³-hybridized carbons (Fsp3) is 0.538. The Morgan fingerprint density at radius 1 is 1.21 bits per heavy atom. The molecule has 0 amide bonds. The average Bonchev–Trinajstić information content (AvgIpc) is 2.76. The molecule has 34 heavy (non-hydrogen) atoms. The van der Waals surface area contributed by atoms with E-state index in [0.717, 1.165) is 24.3 Å². The first-order chi connectivity index (χ1) is 15.9. The highest BCUT2D eigenvalue weighted by molar-refractivity contribution is 14.1. The van der Waals surface area contributed by atoms with Crippen LogP contribution in [0.3, 0.4) is 0 Å². The molecule has 0 aromatic heterocycles. The molecule has 1 aliphatic rings. The van der Waals surface area contributed by atoms with Gasteiger partial charge in [0.15, 0.2) is 8.32 Å². The van der Waals surface area contributed by atoms with Crippen molar-refractivity contribution in [3.05, 3.63) is 57.7 Å². The van der Waals surface area contributed by atoms with Gasteiger partial charge >= 0.3 is 7.05 Å². The smallest absolute Gasteiger partial charge is 0.376 e. The molecule has 2 aromatic carbocycles. The summed E-state index contributed by atoms with van der Waals surface area (Å²) in [5, 5.41) is 10.7. The van der Waals surface area contributed by atoms with Gasteiger partial charge in [-0.05, 0) is 96.3 Å². The normalized spacial score (nSPS) is 17.1. The number of halogens is 1. The minimum Gasteiger partial charge on any atom is -0.491 e. The van der Waals surface area contributed by atoms with Gasteiger partial charge in [0.25, 0.3) is 0 Å². The van der Waals surface area contributed by atoms with E-state index in [1.54, 1.807) is 0 Å². The zero-order valence-electron chi connectivity index (χ0n) is 21.4. The summed E-state index contributed by atoms with van der Waals surface area (Å²) in [6.45, 7) is 14.7. The Labute approximate surface area is 220 Å². The summed E-state index contributed by atoms with van der Waals surface area (Å²) in [5.74, 6) is 1.79. The Morgan fingerprint density at radius 2 is 1.91 bits per heavy atom. The molecule has 1 aliphatic heterocycles. The first kappa shape index (κ1) is 27.5. The van der Waals surface area contributed by atoms with Crippen LogP contribution < -0.4 is 9.47 Å². The van der Waals surface area contributed by atoms with Gasteiger partial charge in [0.2, 0.25) is 0 Å². The maximum Gasteiger partial charge on any atom is 0.376 e. The van der Waals surface area contributed by atoms with Gasteiger partial charge in [-0.2, -0.15) is 0 Å². The fourth-order valence-electron chi connectivity index (χ4n) is 3.87. The molecule has 8 heteroatoms. The van der Waals surface area contributed by atoms with Crippen molar-refractivity contribution < 1.29 is 18.9 Å². The van der Waals surface area contributed by atoms with E-state index in [2.05, 4.69) is 79.5 Å². The van der Waals surface area contributed by atoms with Crippen LogP contribution in [0, 0.1) is 3.57 Å². The molecule has 5 nitrogen and oxygen atoms in total. The Hall–Kier alpha value is -1.07. The maximum absolute atomic E-state index is 10.7. The van der Waals surface area contributed by atoms with E-state index in [9.17, 15) is 5.02 Å². The lowest BCUT2D eigenvalue weighted by Gasteiger charge is -2.41. The second-order valence-corrected chi connectivity index (χ2v) is 16.7. The predicted molar refractivity (Wildman–Crippen MR) is 151 cm³/mol. The summed E-state index contributed by atoms with van der Waals surface area (Å²) in [7, 11) is -2.64. The topological polar surface area (TPSA) is 51.2 Å². The number of rotatable bonds is 10. The number of para-hydroxylation sites is 1. The Kier molecular flexibility index (Phi) is 9.53. The summed E-state index contributed by atoms with van der Waals surface area (Å²) in [6, 6.07) is 16.2. The highest BCUT2D eigenvalue weighted by Crippen LogP contribution is 2.37. The van der Waals surface area contributed by atoms with Gasteiger partial charge in [-0.1, -0.05) is 39.0 Å². The number of aryl methyl sites for hydroxylation is 1. The van der Waals surface area contributed by atoms with Crippen LogP contribution in [0.2, 0.25) is 25.0 Å². The molecular formula is C26H39BINO4Si. The zero-order chi connectivity index (χ0) is 24.9. The van der Waals surface area contributed by atoms with Crippen LogP contribution >= 0.6 is 22.6 Å². The first-order valence-electron chi connectivity index (χ1n) is 12.2. The second-order valence-electron chi connectivity index (χ2n) is 10.7. The molecule has 186 valence electrons. The number of nitrogens with zero attached hydrogens (tertiary/aromatic N) is 1. The maximum atomic E-state index is 10.7. The van der Waals surface area contributed by atoms with Crippen LogP contribution in [0.1, 0.15) is 32.8 Å². The van der Waals surface area contributed by atoms with Crippen molar-refractivity contribution in [2.45, 2.75) is 70.8 Å². The van der Waals surface area contributed by atoms with Crippen molar-refractivity contribution >= 4 is 38.0 Å². The van der Waals surface area contributed by atoms with Crippen molar-refractivity contribution in [3.63, 3.8) is 0 Å². The van der Waals surface area contributed by atoms with Crippen molar-refractivity contribution in [3.8, 4) is 11.5 Å². The quantitative estimate of drug-likeness (QED) is 0.275. The molecule has 0 bridgehead atoms. The van der Waals surface area contributed by atoms with Gasteiger partial charge in [0.1, 0.15) is 24.2 Å². The minimum absolute atomic E-state index is 0.0331. The molecule has 1 heterocycles. The Morgan fingerprint density at radius 3 is 2.56 bits per heavy atom. The number of hydrogen-bond acceptors (Lipinski definition) is 5. The van der Waals surface area contributed by atoms with Gasteiger partial charge in [0.05, 0.1) is 6.10 Å². The fourth-order valence-corrected chi connectivity index (χ4v) is 5.75. The molecule has 0 radical (unpaired) electrons. The van der Waals surface area contributed by atoms with E-state index in [1.165, 1.54) is 9.13 Å². The van der Waals surface area contributed by atoms with Crippen molar-refractivity contribution in [2.75, 3.05) is 19.7 Å². The zero-order valence-corrected chi connectivity index (χ0v) is 24.5. The SMILES string of the molecule is CB(O)N(C[C@H]1CCc2cc(I)ccc2O1)C[C@@H](COc1ccccc1)O[Si](C)(C)C(C)(C)C. The largest absolute Gasteiger partial charge is 0.491 e. The summed E-state index contributed by atoms with van der Waals surface area (Å²) >= 11 is 2.34. The number of hydrogen-bond donors (Lipinski definition) is 1. The van der Waals surface area contributed by atoms with Gasteiger partial charge < -0.3 is 23.7 Å². The lowest BCUT2D eigenvalue weighted by atomic mass is 9.83. The van der Waals surface area contributed by atoms with Crippen LogP contribution in [0.4, 0.5) is 0 Å². The molecule has 1 N–H and O–H groups in total. The summed E-state index contributed by atoms with van der Waals surface area (Å²) < 4.78 is 20.4. The number of ether oxygens (including phenoxy) is 2. The molecule has 0 saturated carbocycles. The monoisotopic (exact) mass is 595 g/mol. The van der Waals surface area contributed by atoms with Crippen LogP contribution in [0.5, 0.6) is 11.5 Å². The third-order valence-corrected chi connectivity index (χ3v) is 12.1. The van der Waals surface area contributed by atoms with E-state index in [0.29, 0.717) is 19.7 Å². The van der Waals surface area contributed by atoms with Crippen LogP contribution in [-0.2, 0) is 10.8 Å². The van der Waals surface area contributed by atoms with Crippen molar-refractivity contribution in [1.29, 1.82) is 0 Å². The third kappa shape index (κ3) is 7.72. The lowest BCUT2D eigenvalue weighted by Crippen LogP contribution is -2.53. The van der Waals surface area contributed by atoms with E-state index in [1.807, 2.05) is 37.2 Å². The highest BCUT2D eigenvalue weighted by atomic mass is 127. The summed E-state index contributed by atoms with van der Waals surface area (Å²) in [4.78, 5) is 2.06.